The monoisotopic (exact) mass is 387 g/mol. The summed E-state index contributed by atoms with van der Waals surface area (Å²) >= 11 is 3.11. The topological polar surface area (TPSA) is 64.4 Å². The van der Waals surface area contributed by atoms with Crippen molar-refractivity contribution in [3.63, 3.8) is 0 Å². The average Bonchev–Trinajstić information content (AvgIpc) is 2.10. The fourth-order valence-electron chi connectivity index (χ4n) is 1.01. The summed E-state index contributed by atoms with van der Waals surface area (Å²) in [5.74, 6) is -0.193. The number of hydrogen-bond acceptors (Lipinski definition) is 1. The number of nitrogens with two attached hydrogens (primary N) is 2. The van der Waals surface area contributed by atoms with Gasteiger partial charge in [0.05, 0.1) is 4.47 Å². The summed E-state index contributed by atoms with van der Waals surface area (Å²) in [6.45, 7) is 0.514. The van der Waals surface area contributed by atoms with Crippen LogP contribution in [0.3, 0.4) is 0 Å². The van der Waals surface area contributed by atoms with Crippen molar-refractivity contribution in [3.05, 3.63) is 34.1 Å². The van der Waals surface area contributed by atoms with Gasteiger partial charge < -0.3 is 11.5 Å². The Kier molecular flexibility index (Phi) is 6.82. The molecular formula is C9H12BrFIN3. The van der Waals surface area contributed by atoms with Gasteiger partial charge in [0, 0.05) is 6.54 Å². The number of aliphatic imine (C=N–C) groups is 1. The molecule has 0 spiro atoms. The van der Waals surface area contributed by atoms with Crippen molar-refractivity contribution in [2.75, 3.05) is 6.54 Å². The molecule has 0 radical (unpaired) electrons. The highest BCUT2D eigenvalue weighted by molar-refractivity contribution is 14.0. The van der Waals surface area contributed by atoms with E-state index in [4.69, 9.17) is 11.5 Å². The first kappa shape index (κ1) is 14.6. The van der Waals surface area contributed by atoms with Crippen molar-refractivity contribution in [2.45, 2.75) is 6.42 Å². The minimum atomic E-state index is -0.268. The molecule has 0 atom stereocenters. The third-order valence-corrected chi connectivity index (χ3v) is 2.29. The molecule has 0 unspecified atom stereocenters. The minimum Gasteiger partial charge on any atom is -0.370 e. The fourth-order valence-corrected chi connectivity index (χ4v) is 1.44. The molecule has 0 heterocycles. The van der Waals surface area contributed by atoms with Gasteiger partial charge in [0.2, 0.25) is 0 Å². The molecule has 0 amide bonds. The van der Waals surface area contributed by atoms with Gasteiger partial charge in [-0.05, 0) is 40.0 Å². The standard InChI is InChI=1S/C9H11BrFN3.HI/c10-7-5-6(1-2-8(7)11)3-4-14-9(12)13;/h1-2,5H,3-4H2,(H4,12,13,14);1H. The zero-order valence-electron chi connectivity index (χ0n) is 7.91. The van der Waals surface area contributed by atoms with Crippen molar-refractivity contribution in [1.29, 1.82) is 0 Å². The minimum absolute atomic E-state index is 0. The fraction of sp³-hybridized carbons (Fsp3) is 0.222. The zero-order chi connectivity index (χ0) is 10.6. The van der Waals surface area contributed by atoms with Gasteiger partial charge in [0.15, 0.2) is 5.96 Å². The van der Waals surface area contributed by atoms with E-state index in [1.807, 2.05) is 0 Å². The molecule has 0 aliphatic carbocycles. The Labute approximate surface area is 113 Å². The highest BCUT2D eigenvalue weighted by atomic mass is 127. The van der Waals surface area contributed by atoms with E-state index in [1.54, 1.807) is 12.1 Å². The summed E-state index contributed by atoms with van der Waals surface area (Å²) in [7, 11) is 0. The summed E-state index contributed by atoms with van der Waals surface area (Å²) in [6.07, 6.45) is 0.691. The maximum Gasteiger partial charge on any atom is 0.185 e. The highest BCUT2D eigenvalue weighted by Gasteiger charge is 1.99. The molecule has 0 aliphatic rings. The molecule has 0 aromatic heterocycles. The Bertz CT molecular complexity index is 353. The van der Waals surface area contributed by atoms with Crippen LogP contribution >= 0.6 is 39.9 Å². The molecule has 1 aromatic carbocycles. The van der Waals surface area contributed by atoms with Crippen LogP contribution in [0.2, 0.25) is 0 Å². The predicted molar refractivity (Wildman–Crippen MR) is 73.9 cm³/mol. The van der Waals surface area contributed by atoms with E-state index in [-0.39, 0.29) is 35.8 Å². The number of rotatable bonds is 3. The number of benzene rings is 1. The Hall–Kier alpha value is -0.370. The Morgan fingerprint density at radius 3 is 2.60 bits per heavy atom. The molecule has 0 bridgehead atoms. The molecule has 3 nitrogen and oxygen atoms in total. The smallest absolute Gasteiger partial charge is 0.185 e. The molecule has 4 N–H and O–H groups in total. The van der Waals surface area contributed by atoms with Gasteiger partial charge in [0.25, 0.3) is 0 Å². The molecule has 0 saturated carbocycles. The van der Waals surface area contributed by atoms with Crippen LogP contribution in [0.25, 0.3) is 0 Å². The van der Waals surface area contributed by atoms with Crippen molar-refractivity contribution < 1.29 is 4.39 Å². The third-order valence-electron chi connectivity index (χ3n) is 1.68. The lowest BCUT2D eigenvalue weighted by Crippen LogP contribution is -2.23. The largest absolute Gasteiger partial charge is 0.370 e. The van der Waals surface area contributed by atoms with E-state index in [2.05, 4.69) is 20.9 Å². The first-order chi connectivity index (χ1) is 6.59. The van der Waals surface area contributed by atoms with Crippen LogP contribution in [0.4, 0.5) is 4.39 Å². The molecular weight excluding hydrogens is 376 g/mol. The molecule has 0 fully saturated rings. The van der Waals surface area contributed by atoms with Crippen molar-refractivity contribution in [3.8, 4) is 0 Å². The average molecular weight is 388 g/mol. The second kappa shape index (κ2) is 7.00. The summed E-state index contributed by atoms with van der Waals surface area (Å²) in [6, 6.07) is 4.84. The maximum absolute atomic E-state index is 12.8. The van der Waals surface area contributed by atoms with Crippen molar-refractivity contribution in [2.24, 2.45) is 16.5 Å². The maximum atomic E-state index is 12.8. The molecule has 6 heteroatoms. The van der Waals surface area contributed by atoms with Crippen LogP contribution in [0.1, 0.15) is 5.56 Å². The molecule has 1 aromatic rings. The first-order valence-electron chi connectivity index (χ1n) is 4.09. The quantitative estimate of drug-likeness (QED) is 0.473. The van der Waals surface area contributed by atoms with E-state index in [0.29, 0.717) is 17.4 Å². The second-order valence-corrected chi connectivity index (χ2v) is 3.66. The predicted octanol–water partition coefficient (Wildman–Crippen LogP) is 2.02. The van der Waals surface area contributed by atoms with Crippen LogP contribution in [-0.4, -0.2) is 12.5 Å². The van der Waals surface area contributed by atoms with Gasteiger partial charge in [-0.2, -0.15) is 0 Å². The van der Waals surface area contributed by atoms with E-state index in [9.17, 15) is 4.39 Å². The van der Waals surface area contributed by atoms with E-state index in [1.165, 1.54) is 6.07 Å². The second-order valence-electron chi connectivity index (χ2n) is 2.81. The molecule has 0 aliphatic heterocycles. The van der Waals surface area contributed by atoms with E-state index < -0.39 is 0 Å². The van der Waals surface area contributed by atoms with Crippen LogP contribution in [0.5, 0.6) is 0 Å². The van der Waals surface area contributed by atoms with Crippen LogP contribution < -0.4 is 11.5 Å². The van der Waals surface area contributed by atoms with Gasteiger partial charge in [-0.25, -0.2) is 4.39 Å². The van der Waals surface area contributed by atoms with Gasteiger partial charge >= 0.3 is 0 Å². The number of halogens is 3. The lowest BCUT2D eigenvalue weighted by molar-refractivity contribution is 0.620. The lowest BCUT2D eigenvalue weighted by atomic mass is 10.1. The summed E-state index contributed by atoms with van der Waals surface area (Å²) in [4.78, 5) is 3.84. The van der Waals surface area contributed by atoms with Gasteiger partial charge in [0.1, 0.15) is 5.82 Å². The first-order valence-corrected chi connectivity index (χ1v) is 4.88. The van der Waals surface area contributed by atoms with Gasteiger partial charge in [-0.15, -0.1) is 24.0 Å². The molecule has 84 valence electrons. The number of hydrogen-bond donors (Lipinski definition) is 2. The third kappa shape index (κ3) is 5.31. The molecule has 15 heavy (non-hydrogen) atoms. The lowest BCUT2D eigenvalue weighted by Gasteiger charge is -2.00. The van der Waals surface area contributed by atoms with Crippen molar-refractivity contribution in [1.82, 2.24) is 0 Å². The van der Waals surface area contributed by atoms with E-state index >= 15 is 0 Å². The van der Waals surface area contributed by atoms with Gasteiger partial charge in [-0.3, -0.25) is 4.99 Å². The van der Waals surface area contributed by atoms with Crippen LogP contribution in [0, 0.1) is 5.82 Å². The SMILES string of the molecule is I.NC(N)=NCCc1ccc(F)c(Br)c1. The highest BCUT2D eigenvalue weighted by Crippen LogP contribution is 2.16. The van der Waals surface area contributed by atoms with E-state index in [0.717, 1.165) is 5.56 Å². The van der Waals surface area contributed by atoms with Gasteiger partial charge in [-0.1, -0.05) is 6.07 Å². The Morgan fingerprint density at radius 1 is 1.40 bits per heavy atom. The summed E-state index contributed by atoms with van der Waals surface area (Å²) in [5, 5.41) is 0. The zero-order valence-corrected chi connectivity index (χ0v) is 11.8. The Balaban J connectivity index is 0.00000196. The summed E-state index contributed by atoms with van der Waals surface area (Å²) in [5.41, 5.74) is 11.3. The summed E-state index contributed by atoms with van der Waals surface area (Å²) < 4.78 is 13.3. The molecule has 0 saturated heterocycles. The number of nitrogens with zero attached hydrogens (tertiary/aromatic N) is 1. The number of guanidine groups is 1. The molecule has 1 rings (SSSR count). The normalized spacial score (nSPS) is 9.20. The van der Waals surface area contributed by atoms with Crippen LogP contribution in [0.15, 0.2) is 27.7 Å². The van der Waals surface area contributed by atoms with Crippen molar-refractivity contribution >= 4 is 45.9 Å². The Morgan fingerprint density at radius 2 is 2.07 bits per heavy atom. The van der Waals surface area contributed by atoms with Crippen LogP contribution in [-0.2, 0) is 6.42 Å².